The highest BCUT2D eigenvalue weighted by Gasteiger charge is 2.19. The Morgan fingerprint density at radius 2 is 2.20 bits per heavy atom. The number of ether oxygens (including phenoxy) is 1. The molecule has 0 bridgehead atoms. The quantitative estimate of drug-likeness (QED) is 0.726. The van der Waals surface area contributed by atoms with Crippen molar-refractivity contribution in [3.05, 3.63) is 28.2 Å². The highest BCUT2D eigenvalue weighted by atomic mass is 79.9. The van der Waals surface area contributed by atoms with Crippen molar-refractivity contribution >= 4 is 39.0 Å². The molecule has 0 spiro atoms. The SMILES string of the molecule is COCCN(CCC(N)=S)C(=O)c1ccc(Br)cc1O. The Kier molecular flexibility index (Phi) is 6.90. The largest absolute Gasteiger partial charge is 0.507 e. The van der Waals surface area contributed by atoms with Crippen molar-refractivity contribution in [2.45, 2.75) is 6.42 Å². The van der Waals surface area contributed by atoms with Crippen molar-refractivity contribution in [1.29, 1.82) is 0 Å². The molecule has 1 rings (SSSR count). The summed E-state index contributed by atoms with van der Waals surface area (Å²) in [6.45, 7) is 1.21. The number of carbonyl (C=O) groups is 1. The fourth-order valence-corrected chi connectivity index (χ4v) is 2.06. The zero-order chi connectivity index (χ0) is 15.1. The maximum Gasteiger partial charge on any atom is 0.257 e. The number of phenols is 1. The minimum atomic E-state index is -0.275. The Labute approximate surface area is 131 Å². The number of thiocarbonyl (C=S) groups is 1. The van der Waals surface area contributed by atoms with E-state index in [1.807, 2.05) is 0 Å². The van der Waals surface area contributed by atoms with E-state index >= 15 is 0 Å². The van der Waals surface area contributed by atoms with E-state index in [4.69, 9.17) is 22.7 Å². The molecule has 0 fully saturated rings. The molecule has 110 valence electrons. The van der Waals surface area contributed by atoms with Crippen LogP contribution in [0.3, 0.4) is 0 Å². The summed E-state index contributed by atoms with van der Waals surface area (Å²) in [7, 11) is 1.56. The average molecular weight is 361 g/mol. The van der Waals surface area contributed by atoms with Gasteiger partial charge < -0.3 is 20.5 Å². The third-order valence-electron chi connectivity index (χ3n) is 2.67. The number of amides is 1. The molecular formula is C13H17BrN2O3S. The minimum Gasteiger partial charge on any atom is -0.507 e. The van der Waals surface area contributed by atoms with Gasteiger partial charge in [0.05, 0.1) is 17.2 Å². The zero-order valence-corrected chi connectivity index (χ0v) is 13.5. The third-order valence-corrected chi connectivity index (χ3v) is 3.37. The van der Waals surface area contributed by atoms with Gasteiger partial charge in [-0.2, -0.15) is 0 Å². The van der Waals surface area contributed by atoms with Crippen LogP contribution in [0.1, 0.15) is 16.8 Å². The van der Waals surface area contributed by atoms with Gasteiger partial charge in [0.1, 0.15) is 5.75 Å². The second kappa shape index (κ2) is 8.18. The first kappa shape index (κ1) is 16.9. The molecule has 1 amide bonds. The number of methoxy groups -OCH3 is 1. The molecule has 7 heteroatoms. The monoisotopic (exact) mass is 360 g/mol. The molecule has 0 aliphatic carbocycles. The summed E-state index contributed by atoms with van der Waals surface area (Å²) in [4.78, 5) is 14.3. The summed E-state index contributed by atoms with van der Waals surface area (Å²) in [6, 6.07) is 4.76. The molecule has 5 nitrogen and oxygen atoms in total. The Morgan fingerprint density at radius 3 is 2.75 bits per heavy atom. The lowest BCUT2D eigenvalue weighted by Crippen LogP contribution is -2.36. The lowest BCUT2D eigenvalue weighted by atomic mass is 10.1. The molecule has 0 aliphatic rings. The average Bonchev–Trinajstić information content (AvgIpc) is 2.38. The number of aromatic hydroxyl groups is 1. The van der Waals surface area contributed by atoms with Gasteiger partial charge in [0.25, 0.3) is 5.91 Å². The van der Waals surface area contributed by atoms with Crippen LogP contribution in [0.15, 0.2) is 22.7 Å². The van der Waals surface area contributed by atoms with E-state index < -0.39 is 0 Å². The van der Waals surface area contributed by atoms with Crippen molar-refractivity contribution in [2.75, 3.05) is 26.8 Å². The molecule has 1 aromatic rings. The van der Waals surface area contributed by atoms with Gasteiger partial charge in [-0.3, -0.25) is 4.79 Å². The number of halogens is 1. The summed E-state index contributed by atoms with van der Waals surface area (Å²) < 4.78 is 5.69. The van der Waals surface area contributed by atoms with Crippen LogP contribution in [-0.2, 0) is 4.74 Å². The van der Waals surface area contributed by atoms with Gasteiger partial charge in [0, 0.05) is 31.1 Å². The van der Waals surface area contributed by atoms with Gasteiger partial charge in [-0.1, -0.05) is 28.1 Å². The van der Waals surface area contributed by atoms with Gasteiger partial charge in [0.15, 0.2) is 0 Å². The molecule has 0 aromatic heterocycles. The van der Waals surface area contributed by atoms with Crippen LogP contribution >= 0.6 is 28.1 Å². The number of rotatable bonds is 7. The number of nitrogens with two attached hydrogens (primary N) is 1. The minimum absolute atomic E-state index is 0.0675. The summed E-state index contributed by atoms with van der Waals surface area (Å²) in [6.07, 6.45) is 0.433. The van der Waals surface area contributed by atoms with Gasteiger partial charge in [0.2, 0.25) is 0 Å². The van der Waals surface area contributed by atoms with Crippen LogP contribution < -0.4 is 5.73 Å². The molecule has 20 heavy (non-hydrogen) atoms. The molecule has 0 saturated heterocycles. The number of carbonyl (C=O) groups excluding carboxylic acids is 1. The molecule has 0 unspecified atom stereocenters. The Hall–Kier alpha value is -1.18. The summed E-state index contributed by atoms with van der Waals surface area (Å²) >= 11 is 8.06. The van der Waals surface area contributed by atoms with E-state index in [-0.39, 0.29) is 17.2 Å². The predicted octanol–water partition coefficient (Wildman–Crippen LogP) is 1.92. The van der Waals surface area contributed by atoms with E-state index in [9.17, 15) is 9.90 Å². The standard InChI is InChI=1S/C13H17BrN2O3S/c1-19-7-6-16(5-4-12(15)20)13(18)10-3-2-9(14)8-11(10)17/h2-3,8,17H,4-7H2,1H3,(H2,15,20). The second-order valence-electron chi connectivity index (χ2n) is 4.16. The van der Waals surface area contributed by atoms with Crippen molar-refractivity contribution in [1.82, 2.24) is 4.90 Å². The summed E-state index contributed by atoms with van der Waals surface area (Å²) in [5, 5.41) is 9.85. The maximum absolute atomic E-state index is 12.4. The first-order valence-electron chi connectivity index (χ1n) is 6.00. The second-order valence-corrected chi connectivity index (χ2v) is 5.60. The van der Waals surface area contributed by atoms with Gasteiger partial charge >= 0.3 is 0 Å². The molecular weight excluding hydrogens is 344 g/mol. The highest BCUT2D eigenvalue weighted by Crippen LogP contribution is 2.23. The predicted molar refractivity (Wildman–Crippen MR) is 85.0 cm³/mol. The molecule has 3 N–H and O–H groups in total. The Morgan fingerprint density at radius 1 is 1.50 bits per heavy atom. The van der Waals surface area contributed by atoms with Crippen LogP contribution in [0.5, 0.6) is 5.75 Å². The number of nitrogens with zero attached hydrogens (tertiary/aromatic N) is 1. The molecule has 0 aliphatic heterocycles. The van der Waals surface area contributed by atoms with Crippen molar-refractivity contribution < 1.29 is 14.6 Å². The van der Waals surface area contributed by atoms with Crippen LogP contribution in [-0.4, -0.2) is 47.7 Å². The zero-order valence-electron chi connectivity index (χ0n) is 11.1. The number of hydrogen-bond donors (Lipinski definition) is 2. The van der Waals surface area contributed by atoms with Crippen LogP contribution in [0.25, 0.3) is 0 Å². The van der Waals surface area contributed by atoms with Crippen molar-refractivity contribution in [3.8, 4) is 5.75 Å². The van der Waals surface area contributed by atoms with E-state index in [1.54, 1.807) is 24.1 Å². The molecule has 0 heterocycles. The van der Waals surface area contributed by atoms with Gasteiger partial charge in [-0.15, -0.1) is 0 Å². The van der Waals surface area contributed by atoms with Crippen LogP contribution in [0.2, 0.25) is 0 Å². The highest BCUT2D eigenvalue weighted by molar-refractivity contribution is 9.10. The van der Waals surface area contributed by atoms with E-state index in [2.05, 4.69) is 15.9 Å². The van der Waals surface area contributed by atoms with E-state index in [0.717, 1.165) is 0 Å². The number of hydrogen-bond acceptors (Lipinski definition) is 4. The van der Waals surface area contributed by atoms with Crippen LogP contribution in [0, 0.1) is 0 Å². The van der Waals surface area contributed by atoms with Crippen molar-refractivity contribution in [2.24, 2.45) is 5.73 Å². The first-order valence-corrected chi connectivity index (χ1v) is 7.21. The molecule has 0 radical (unpaired) electrons. The number of benzene rings is 1. The smallest absolute Gasteiger partial charge is 0.257 e. The number of phenolic OH excluding ortho intramolecular Hbond substituents is 1. The molecule has 0 atom stereocenters. The topological polar surface area (TPSA) is 75.8 Å². The molecule has 0 saturated carbocycles. The fraction of sp³-hybridized carbons (Fsp3) is 0.385. The van der Waals surface area contributed by atoms with Crippen molar-refractivity contribution in [3.63, 3.8) is 0 Å². The van der Waals surface area contributed by atoms with Gasteiger partial charge in [-0.05, 0) is 18.2 Å². The van der Waals surface area contributed by atoms with E-state index in [1.165, 1.54) is 6.07 Å². The van der Waals surface area contributed by atoms with Gasteiger partial charge in [-0.25, -0.2) is 0 Å². The Balaban J connectivity index is 2.87. The lowest BCUT2D eigenvalue weighted by Gasteiger charge is -2.22. The Bertz CT molecular complexity index is 497. The van der Waals surface area contributed by atoms with Crippen LogP contribution in [0.4, 0.5) is 0 Å². The normalized spacial score (nSPS) is 10.3. The third kappa shape index (κ3) is 5.07. The first-order chi connectivity index (χ1) is 9.45. The molecule has 1 aromatic carbocycles. The summed E-state index contributed by atoms with van der Waals surface area (Å²) in [5.74, 6) is -0.342. The maximum atomic E-state index is 12.4. The summed E-state index contributed by atoms with van der Waals surface area (Å²) in [5.41, 5.74) is 5.71. The van der Waals surface area contributed by atoms with E-state index in [0.29, 0.717) is 35.6 Å². The fourth-order valence-electron chi connectivity index (χ4n) is 1.62. The lowest BCUT2D eigenvalue weighted by molar-refractivity contribution is 0.0698.